The number of hydrogen-bond acceptors (Lipinski definition) is 4. The van der Waals surface area contributed by atoms with Crippen LogP contribution in [0.3, 0.4) is 0 Å². The predicted octanol–water partition coefficient (Wildman–Crippen LogP) is 4.00. The van der Waals surface area contributed by atoms with Crippen molar-refractivity contribution in [2.24, 2.45) is 5.84 Å². The van der Waals surface area contributed by atoms with Crippen molar-refractivity contribution in [2.75, 3.05) is 11.5 Å². The average Bonchev–Trinajstić information content (AvgIpc) is 2.54. The first-order valence-electron chi connectivity index (χ1n) is 7.31. The lowest BCUT2D eigenvalue weighted by Gasteiger charge is -2.15. The maximum Gasteiger partial charge on any atom is 0.267 e. The molecule has 5 N–H and O–H groups in total. The third kappa shape index (κ3) is 3.99. The summed E-state index contributed by atoms with van der Waals surface area (Å²) in [5, 5.41) is 0.631. The molecule has 2 aromatic rings. The van der Waals surface area contributed by atoms with E-state index in [-0.39, 0.29) is 0 Å². The van der Waals surface area contributed by atoms with E-state index < -0.39 is 5.91 Å². The van der Waals surface area contributed by atoms with Gasteiger partial charge in [0.15, 0.2) is 0 Å². The highest BCUT2D eigenvalue weighted by Crippen LogP contribution is 2.38. The van der Waals surface area contributed by atoms with E-state index in [1.54, 1.807) is 17.8 Å². The van der Waals surface area contributed by atoms with Crippen molar-refractivity contribution in [3.05, 3.63) is 46.5 Å². The maximum absolute atomic E-state index is 11.9. The summed E-state index contributed by atoms with van der Waals surface area (Å²) in [6.45, 7) is 4.05. The third-order valence-corrected chi connectivity index (χ3v) is 4.91. The molecule has 0 bridgehead atoms. The van der Waals surface area contributed by atoms with Crippen LogP contribution in [0.4, 0.5) is 5.69 Å². The fourth-order valence-corrected chi connectivity index (χ4v) is 3.42. The molecule has 2 rings (SSSR count). The number of carbonyl (C=O) groups excluding carboxylic acids is 1. The topological polar surface area (TPSA) is 81.1 Å². The number of amides is 1. The Kier molecular flexibility index (Phi) is 5.93. The van der Waals surface area contributed by atoms with Crippen LogP contribution in [0.1, 0.15) is 29.3 Å². The minimum atomic E-state index is -0.405. The first kappa shape index (κ1) is 17.7. The molecule has 0 fully saturated rings. The number of hydrogen-bond donors (Lipinski definition) is 3. The van der Waals surface area contributed by atoms with Crippen LogP contribution in [0.5, 0.6) is 0 Å². The Hall–Kier alpha value is -1.69. The van der Waals surface area contributed by atoms with E-state index >= 15 is 0 Å². The van der Waals surface area contributed by atoms with Gasteiger partial charge in [0.1, 0.15) is 0 Å². The van der Waals surface area contributed by atoms with Crippen LogP contribution in [0.25, 0.3) is 11.1 Å². The third-order valence-electron chi connectivity index (χ3n) is 3.39. The van der Waals surface area contributed by atoms with Crippen molar-refractivity contribution in [1.29, 1.82) is 0 Å². The highest BCUT2D eigenvalue weighted by Gasteiger charge is 2.16. The van der Waals surface area contributed by atoms with E-state index in [2.05, 4.69) is 12.3 Å². The lowest BCUT2D eigenvalue weighted by atomic mass is 9.97. The smallest absolute Gasteiger partial charge is 0.267 e. The van der Waals surface area contributed by atoms with Gasteiger partial charge in [-0.1, -0.05) is 18.5 Å². The maximum atomic E-state index is 11.9. The predicted molar refractivity (Wildman–Crippen MR) is 98.7 cm³/mol. The van der Waals surface area contributed by atoms with Gasteiger partial charge in [-0.25, -0.2) is 5.84 Å². The number of benzene rings is 2. The minimum Gasteiger partial charge on any atom is -0.398 e. The van der Waals surface area contributed by atoms with Crippen LogP contribution in [0.15, 0.2) is 35.2 Å². The van der Waals surface area contributed by atoms with Crippen molar-refractivity contribution in [3.8, 4) is 11.1 Å². The van der Waals surface area contributed by atoms with Crippen molar-refractivity contribution in [3.63, 3.8) is 0 Å². The minimum absolute atomic E-state index is 0.369. The van der Waals surface area contributed by atoms with Gasteiger partial charge in [0.25, 0.3) is 5.91 Å². The first-order chi connectivity index (χ1) is 11.0. The number of thioether (sulfide) groups is 1. The highest BCUT2D eigenvalue weighted by molar-refractivity contribution is 7.99. The number of hydrazine groups is 1. The van der Waals surface area contributed by atoms with E-state index in [0.29, 0.717) is 16.3 Å². The van der Waals surface area contributed by atoms with E-state index in [0.717, 1.165) is 33.8 Å². The second kappa shape index (κ2) is 7.73. The Morgan fingerprint density at radius 3 is 2.65 bits per heavy atom. The molecule has 4 nitrogen and oxygen atoms in total. The number of nitrogen functional groups attached to an aromatic ring is 2. The molecule has 0 spiro atoms. The summed E-state index contributed by atoms with van der Waals surface area (Å²) >= 11 is 7.92. The van der Waals surface area contributed by atoms with Crippen LogP contribution in [0.2, 0.25) is 5.02 Å². The van der Waals surface area contributed by atoms with E-state index in [1.165, 1.54) is 0 Å². The van der Waals surface area contributed by atoms with Crippen LogP contribution in [-0.4, -0.2) is 11.7 Å². The molecule has 0 radical (unpaired) electrons. The molecular formula is C17H20ClN3OS. The fourth-order valence-electron chi connectivity index (χ4n) is 2.34. The van der Waals surface area contributed by atoms with Gasteiger partial charge in [0.2, 0.25) is 0 Å². The van der Waals surface area contributed by atoms with Gasteiger partial charge in [-0.2, -0.15) is 0 Å². The van der Waals surface area contributed by atoms with Gasteiger partial charge >= 0.3 is 0 Å². The Morgan fingerprint density at radius 1 is 1.26 bits per heavy atom. The fraction of sp³-hybridized carbons (Fsp3) is 0.235. The van der Waals surface area contributed by atoms with Crippen LogP contribution < -0.4 is 17.0 Å². The summed E-state index contributed by atoms with van der Waals surface area (Å²) in [6, 6.07) is 9.43. The molecule has 2 aromatic carbocycles. The van der Waals surface area contributed by atoms with E-state index in [1.807, 2.05) is 31.2 Å². The lowest BCUT2D eigenvalue weighted by Crippen LogP contribution is -2.30. The number of rotatable bonds is 5. The molecule has 0 unspecified atom stereocenters. The second-order valence-corrected chi connectivity index (χ2v) is 6.81. The molecule has 122 valence electrons. The molecule has 1 amide bonds. The second-order valence-electron chi connectivity index (χ2n) is 5.24. The molecule has 0 saturated heterocycles. The first-order valence-corrected chi connectivity index (χ1v) is 8.68. The van der Waals surface area contributed by atoms with E-state index in [4.69, 9.17) is 23.2 Å². The highest BCUT2D eigenvalue weighted by atomic mass is 35.5. The SMILES string of the molecule is CCCSc1ccc(Cl)cc1-c1cc(C)cc(C(=O)NN)c1N. The largest absolute Gasteiger partial charge is 0.398 e. The van der Waals surface area contributed by atoms with Crippen molar-refractivity contribution in [2.45, 2.75) is 25.2 Å². The average molecular weight is 350 g/mol. The Labute approximate surface area is 145 Å². The molecule has 0 atom stereocenters. The van der Waals surface area contributed by atoms with Gasteiger partial charge in [-0.05, 0) is 60.6 Å². The Morgan fingerprint density at radius 2 is 2.00 bits per heavy atom. The van der Waals surface area contributed by atoms with Gasteiger partial charge in [0, 0.05) is 15.5 Å². The molecule has 0 saturated carbocycles. The lowest BCUT2D eigenvalue weighted by molar-refractivity contribution is 0.0954. The van der Waals surface area contributed by atoms with Gasteiger partial charge in [-0.15, -0.1) is 11.8 Å². The summed E-state index contributed by atoms with van der Waals surface area (Å²) in [6.07, 6.45) is 1.07. The summed E-state index contributed by atoms with van der Waals surface area (Å²) in [5.41, 5.74) is 11.8. The number of nitrogens with two attached hydrogens (primary N) is 2. The van der Waals surface area contributed by atoms with Crippen molar-refractivity contribution in [1.82, 2.24) is 5.43 Å². The van der Waals surface area contributed by atoms with Crippen LogP contribution in [0, 0.1) is 6.92 Å². The van der Waals surface area contributed by atoms with Gasteiger partial charge in [-0.3, -0.25) is 10.2 Å². The number of anilines is 1. The summed E-state index contributed by atoms with van der Waals surface area (Å²) in [5.74, 6) is 5.84. The molecule has 23 heavy (non-hydrogen) atoms. The number of aryl methyl sites for hydroxylation is 1. The zero-order chi connectivity index (χ0) is 17.0. The van der Waals surface area contributed by atoms with Crippen LogP contribution >= 0.6 is 23.4 Å². The van der Waals surface area contributed by atoms with Crippen molar-refractivity contribution >= 4 is 35.0 Å². The summed E-state index contributed by atoms with van der Waals surface area (Å²) in [4.78, 5) is 13.0. The molecular weight excluding hydrogens is 330 g/mol. The standard InChI is InChI=1S/C17H20ClN3OS/c1-3-6-23-15-5-4-11(18)9-12(15)13-7-10(2)8-14(16(13)19)17(22)21-20/h4-5,7-9H,3,6,19-20H2,1-2H3,(H,21,22). The zero-order valence-electron chi connectivity index (χ0n) is 13.2. The molecule has 6 heteroatoms. The molecule has 0 aliphatic carbocycles. The molecule has 0 aliphatic heterocycles. The number of halogens is 1. The van der Waals surface area contributed by atoms with Crippen molar-refractivity contribution < 1.29 is 4.79 Å². The molecule has 0 aromatic heterocycles. The Balaban J connectivity index is 2.64. The van der Waals surface area contributed by atoms with Gasteiger partial charge in [0.05, 0.1) is 11.3 Å². The van der Waals surface area contributed by atoms with Crippen LogP contribution in [-0.2, 0) is 0 Å². The van der Waals surface area contributed by atoms with Gasteiger partial charge < -0.3 is 5.73 Å². The molecule has 0 aliphatic rings. The monoisotopic (exact) mass is 349 g/mol. The summed E-state index contributed by atoms with van der Waals surface area (Å²) < 4.78 is 0. The quantitative estimate of drug-likeness (QED) is 0.250. The normalized spacial score (nSPS) is 10.6. The Bertz CT molecular complexity index is 734. The number of nitrogens with one attached hydrogen (secondary N) is 1. The van der Waals surface area contributed by atoms with E-state index in [9.17, 15) is 4.79 Å². The number of carbonyl (C=O) groups is 1. The molecule has 0 heterocycles. The summed E-state index contributed by atoms with van der Waals surface area (Å²) in [7, 11) is 0. The zero-order valence-corrected chi connectivity index (χ0v) is 14.7.